The van der Waals surface area contributed by atoms with Crippen molar-refractivity contribution in [1.82, 2.24) is 0 Å². The van der Waals surface area contributed by atoms with Gasteiger partial charge in [0.25, 0.3) is 5.72 Å². The average Bonchev–Trinajstić information content (AvgIpc) is 2.77. The van der Waals surface area contributed by atoms with Gasteiger partial charge in [0.05, 0.1) is 0 Å². The molecule has 0 aliphatic heterocycles. The number of aliphatic hydroxyl groups is 1. The molecule has 0 spiro atoms. The van der Waals surface area contributed by atoms with Crippen LogP contribution in [0.25, 0.3) is 0 Å². The van der Waals surface area contributed by atoms with E-state index in [4.69, 9.17) is 20.9 Å². The highest BCUT2D eigenvalue weighted by molar-refractivity contribution is 6.04. The monoisotopic (exact) mass is 458 g/mol. The maximum Gasteiger partial charge on any atom is 0.355 e. The number of esters is 2. The SMILES string of the molecule is CC(C)C[C@@](N)(C(=O)OCc1ccccc1)C(=O)OC(Cc1ccccc1)C(N)(O)C(=O)O. The van der Waals surface area contributed by atoms with Crippen molar-refractivity contribution in [1.29, 1.82) is 0 Å². The van der Waals surface area contributed by atoms with Crippen molar-refractivity contribution in [2.24, 2.45) is 17.4 Å². The van der Waals surface area contributed by atoms with Crippen LogP contribution in [0.4, 0.5) is 0 Å². The summed E-state index contributed by atoms with van der Waals surface area (Å²) in [6.45, 7) is 3.38. The zero-order chi connectivity index (χ0) is 24.6. The van der Waals surface area contributed by atoms with Gasteiger partial charge in [-0.1, -0.05) is 74.5 Å². The van der Waals surface area contributed by atoms with Crippen molar-refractivity contribution in [3.05, 3.63) is 71.8 Å². The third-order valence-electron chi connectivity index (χ3n) is 5.02. The van der Waals surface area contributed by atoms with Crippen LogP contribution in [0.3, 0.4) is 0 Å². The molecule has 2 aromatic rings. The molecule has 0 saturated heterocycles. The smallest absolute Gasteiger partial charge is 0.355 e. The first-order valence-electron chi connectivity index (χ1n) is 10.5. The number of carboxylic acids is 1. The molecule has 3 atom stereocenters. The largest absolute Gasteiger partial charge is 0.478 e. The summed E-state index contributed by atoms with van der Waals surface area (Å²) in [4.78, 5) is 37.6. The minimum Gasteiger partial charge on any atom is -0.478 e. The number of rotatable bonds is 11. The van der Waals surface area contributed by atoms with E-state index in [-0.39, 0.29) is 25.4 Å². The highest BCUT2D eigenvalue weighted by Gasteiger charge is 2.50. The van der Waals surface area contributed by atoms with Gasteiger partial charge < -0.3 is 25.4 Å². The predicted octanol–water partition coefficient (Wildman–Crippen LogP) is 1.36. The van der Waals surface area contributed by atoms with Crippen LogP contribution in [0.5, 0.6) is 0 Å². The van der Waals surface area contributed by atoms with Crippen LogP contribution in [0.1, 0.15) is 31.4 Å². The fraction of sp³-hybridized carbons (Fsp3) is 0.375. The molecule has 0 amide bonds. The lowest BCUT2D eigenvalue weighted by Crippen LogP contribution is -2.63. The molecule has 0 heterocycles. The fourth-order valence-corrected chi connectivity index (χ4v) is 3.23. The van der Waals surface area contributed by atoms with E-state index < -0.39 is 35.3 Å². The third-order valence-corrected chi connectivity index (χ3v) is 5.02. The van der Waals surface area contributed by atoms with Crippen molar-refractivity contribution in [2.45, 2.75) is 50.7 Å². The lowest BCUT2D eigenvalue weighted by atomic mass is 9.89. The normalized spacial score (nSPS) is 15.7. The van der Waals surface area contributed by atoms with Gasteiger partial charge in [-0.2, -0.15) is 0 Å². The van der Waals surface area contributed by atoms with Crippen LogP contribution >= 0.6 is 0 Å². The van der Waals surface area contributed by atoms with Gasteiger partial charge in [-0.3, -0.25) is 5.73 Å². The Bertz CT molecular complexity index is 948. The number of hydrogen-bond donors (Lipinski definition) is 4. The Morgan fingerprint density at radius 3 is 1.91 bits per heavy atom. The highest BCUT2D eigenvalue weighted by atomic mass is 16.6. The Morgan fingerprint density at radius 2 is 1.42 bits per heavy atom. The summed E-state index contributed by atoms with van der Waals surface area (Å²) in [5.41, 5.74) is 7.87. The van der Waals surface area contributed by atoms with Crippen molar-refractivity contribution in [3.63, 3.8) is 0 Å². The highest BCUT2D eigenvalue weighted by Crippen LogP contribution is 2.23. The third kappa shape index (κ3) is 6.85. The zero-order valence-electron chi connectivity index (χ0n) is 18.6. The molecule has 0 saturated carbocycles. The number of benzene rings is 2. The molecule has 9 nitrogen and oxygen atoms in total. The van der Waals surface area contributed by atoms with E-state index >= 15 is 0 Å². The Morgan fingerprint density at radius 1 is 0.909 bits per heavy atom. The van der Waals surface area contributed by atoms with E-state index in [9.17, 15) is 24.6 Å². The molecule has 0 aliphatic rings. The van der Waals surface area contributed by atoms with Crippen LogP contribution in [-0.2, 0) is 36.9 Å². The van der Waals surface area contributed by atoms with Gasteiger partial charge in [0.15, 0.2) is 6.10 Å². The number of ether oxygens (including phenoxy) is 2. The Balaban J connectivity index is 2.28. The minimum absolute atomic E-state index is 0.118. The van der Waals surface area contributed by atoms with Crippen LogP contribution in [0.15, 0.2) is 60.7 Å². The van der Waals surface area contributed by atoms with E-state index in [0.717, 1.165) is 0 Å². The molecule has 6 N–H and O–H groups in total. The molecule has 0 aliphatic carbocycles. The Kier molecular flexibility index (Phi) is 8.69. The van der Waals surface area contributed by atoms with Crippen LogP contribution < -0.4 is 11.5 Å². The number of nitrogens with two attached hydrogens (primary N) is 2. The molecule has 2 unspecified atom stereocenters. The van der Waals surface area contributed by atoms with Crippen LogP contribution in [-0.4, -0.2) is 45.5 Å². The van der Waals surface area contributed by atoms with Gasteiger partial charge in [0.1, 0.15) is 6.61 Å². The van der Waals surface area contributed by atoms with E-state index in [1.54, 1.807) is 74.5 Å². The second-order valence-corrected chi connectivity index (χ2v) is 8.35. The molecular formula is C24H30N2O7. The van der Waals surface area contributed by atoms with Crippen LogP contribution in [0, 0.1) is 5.92 Å². The predicted molar refractivity (Wildman–Crippen MR) is 119 cm³/mol. The molecular weight excluding hydrogens is 428 g/mol. The second-order valence-electron chi connectivity index (χ2n) is 8.35. The maximum absolute atomic E-state index is 13.1. The topological polar surface area (TPSA) is 162 Å². The van der Waals surface area contributed by atoms with Crippen molar-refractivity contribution in [2.75, 3.05) is 0 Å². The van der Waals surface area contributed by atoms with E-state index in [0.29, 0.717) is 11.1 Å². The summed E-state index contributed by atoms with van der Waals surface area (Å²) >= 11 is 0. The van der Waals surface area contributed by atoms with Gasteiger partial charge >= 0.3 is 17.9 Å². The first kappa shape index (κ1) is 26.0. The van der Waals surface area contributed by atoms with E-state index in [1.165, 1.54) is 0 Å². The van der Waals surface area contributed by atoms with Gasteiger partial charge in [-0.15, -0.1) is 0 Å². The number of aliphatic carboxylic acids is 1. The van der Waals surface area contributed by atoms with Gasteiger partial charge in [-0.25, -0.2) is 14.4 Å². The van der Waals surface area contributed by atoms with E-state index in [2.05, 4.69) is 0 Å². The average molecular weight is 459 g/mol. The molecule has 2 rings (SSSR count). The lowest BCUT2D eigenvalue weighted by molar-refractivity contribution is -0.188. The van der Waals surface area contributed by atoms with E-state index in [1.807, 2.05) is 0 Å². The minimum atomic E-state index is -2.92. The molecule has 0 aromatic heterocycles. The van der Waals surface area contributed by atoms with Crippen molar-refractivity contribution >= 4 is 17.9 Å². The van der Waals surface area contributed by atoms with Gasteiger partial charge in [0, 0.05) is 6.42 Å². The lowest BCUT2D eigenvalue weighted by Gasteiger charge is -2.33. The van der Waals surface area contributed by atoms with Crippen molar-refractivity contribution in [3.8, 4) is 0 Å². The first-order chi connectivity index (χ1) is 15.5. The number of carbonyl (C=O) groups excluding carboxylic acids is 2. The maximum atomic E-state index is 13.1. The van der Waals surface area contributed by atoms with Gasteiger partial charge in [-0.05, 0) is 23.5 Å². The molecule has 178 valence electrons. The molecule has 2 aromatic carbocycles. The molecule has 33 heavy (non-hydrogen) atoms. The quantitative estimate of drug-likeness (QED) is 0.221. The standard InChI is InChI=1S/C24H30N2O7/c1-16(2)14-23(25,21(29)32-15-18-11-7-4-8-12-18)22(30)33-19(24(26,31)20(27)28)13-17-9-5-3-6-10-17/h3-12,16,19,31H,13-15,25-26H2,1-2H3,(H,27,28)/t19?,23-,24?/m1/s1. The first-order valence-corrected chi connectivity index (χ1v) is 10.5. The number of carboxylic acid groups (broad SMARTS) is 1. The number of hydrogen-bond acceptors (Lipinski definition) is 8. The Hall–Kier alpha value is -3.27. The second kappa shape index (κ2) is 11.0. The molecule has 0 fully saturated rings. The Labute approximate surface area is 192 Å². The van der Waals surface area contributed by atoms with Gasteiger partial charge in [0.2, 0.25) is 5.54 Å². The summed E-state index contributed by atoms with van der Waals surface area (Å²) in [7, 11) is 0. The summed E-state index contributed by atoms with van der Waals surface area (Å²) in [6.07, 6.45) is -2.07. The summed E-state index contributed by atoms with van der Waals surface area (Å²) in [5.74, 6) is -4.27. The summed E-state index contributed by atoms with van der Waals surface area (Å²) < 4.78 is 10.6. The van der Waals surface area contributed by atoms with Crippen molar-refractivity contribution < 1.29 is 34.1 Å². The number of carbonyl (C=O) groups is 3. The summed E-state index contributed by atoms with van der Waals surface area (Å²) in [6, 6.07) is 17.2. The molecule has 9 heteroatoms. The zero-order valence-corrected chi connectivity index (χ0v) is 18.6. The molecule has 0 bridgehead atoms. The molecule has 0 radical (unpaired) electrons. The summed E-state index contributed by atoms with van der Waals surface area (Å²) in [5, 5.41) is 19.7. The van der Waals surface area contributed by atoms with Crippen LogP contribution in [0.2, 0.25) is 0 Å². The fourth-order valence-electron chi connectivity index (χ4n) is 3.23.